The van der Waals surface area contributed by atoms with Crippen molar-refractivity contribution in [1.29, 1.82) is 0 Å². The molecule has 0 bridgehead atoms. The zero-order chi connectivity index (χ0) is 31.1. The van der Waals surface area contributed by atoms with Crippen LogP contribution in [0.2, 0.25) is 0 Å². The average molecular weight is 597 g/mol. The van der Waals surface area contributed by atoms with E-state index < -0.39 is 5.97 Å². The second-order valence-electron chi connectivity index (χ2n) is 10.7. The molecule has 3 aromatic carbocycles. The van der Waals surface area contributed by atoms with Gasteiger partial charge in [0.2, 0.25) is 5.91 Å². The van der Waals surface area contributed by atoms with Gasteiger partial charge in [-0.2, -0.15) is 5.10 Å². The molecule has 0 unspecified atom stereocenters. The summed E-state index contributed by atoms with van der Waals surface area (Å²) in [7, 11) is 0. The first kappa shape index (κ1) is 30.3. The number of rotatable bonds is 12. The van der Waals surface area contributed by atoms with Crippen LogP contribution in [0.3, 0.4) is 0 Å². The molecular weight excluding hydrogens is 560 g/mol. The van der Waals surface area contributed by atoms with Gasteiger partial charge in [0.25, 0.3) is 5.91 Å². The van der Waals surface area contributed by atoms with E-state index in [1.807, 2.05) is 49.5 Å². The molecule has 0 saturated heterocycles. The Morgan fingerprint density at radius 2 is 1.86 bits per heavy atom. The fourth-order valence-electron chi connectivity index (χ4n) is 5.13. The lowest BCUT2D eigenvalue weighted by Gasteiger charge is -2.31. The number of carbonyl (C=O) groups is 3. The molecule has 1 aromatic heterocycles. The number of benzene rings is 3. The molecule has 0 atom stereocenters. The molecule has 2 N–H and O–H groups in total. The number of fused-ring (bicyclic) bond motifs is 1. The molecule has 44 heavy (non-hydrogen) atoms. The number of amides is 2. The van der Waals surface area contributed by atoms with Gasteiger partial charge in [0.05, 0.1) is 38.0 Å². The van der Waals surface area contributed by atoms with Crippen LogP contribution in [0.1, 0.15) is 46.3 Å². The summed E-state index contributed by atoms with van der Waals surface area (Å²) in [6.07, 6.45) is 4.50. The number of hydrogen-bond donors (Lipinski definition) is 2. The number of ether oxygens (including phenoxy) is 2. The molecule has 10 nitrogen and oxygen atoms in total. The number of nitrogens with zero attached hydrogens (tertiary/aromatic N) is 3. The molecule has 228 valence electrons. The van der Waals surface area contributed by atoms with Gasteiger partial charge in [0.1, 0.15) is 12.4 Å². The van der Waals surface area contributed by atoms with Crippen LogP contribution in [0.15, 0.2) is 73.1 Å². The van der Waals surface area contributed by atoms with Crippen LogP contribution in [0.5, 0.6) is 11.5 Å². The number of carbonyl (C=O) groups excluding carboxylic acids is 2. The first-order chi connectivity index (χ1) is 21.3. The molecule has 1 aliphatic heterocycles. The summed E-state index contributed by atoms with van der Waals surface area (Å²) < 4.78 is 13.8. The van der Waals surface area contributed by atoms with Gasteiger partial charge in [-0.25, -0.2) is 0 Å². The Morgan fingerprint density at radius 1 is 1.05 bits per heavy atom. The topological polar surface area (TPSA) is 123 Å². The fraction of sp³-hybridized carbons (Fsp3) is 0.294. The Balaban J connectivity index is 1.22. The number of aryl methyl sites for hydroxylation is 1. The maximum atomic E-state index is 13.3. The third kappa shape index (κ3) is 7.26. The molecule has 0 radical (unpaired) electrons. The first-order valence-electron chi connectivity index (χ1n) is 14.7. The molecule has 0 aliphatic carbocycles. The van der Waals surface area contributed by atoms with E-state index in [2.05, 4.69) is 23.4 Å². The van der Waals surface area contributed by atoms with Gasteiger partial charge in [0, 0.05) is 35.9 Å². The molecular formula is C34H36N4O6. The lowest BCUT2D eigenvalue weighted by molar-refractivity contribution is -0.136. The second-order valence-corrected chi connectivity index (χ2v) is 10.7. The van der Waals surface area contributed by atoms with E-state index in [0.29, 0.717) is 50.5 Å². The number of carboxylic acids is 1. The minimum Gasteiger partial charge on any atom is -0.493 e. The highest BCUT2D eigenvalue weighted by Gasteiger charge is 2.26. The van der Waals surface area contributed by atoms with Crippen molar-refractivity contribution in [2.75, 3.05) is 31.2 Å². The average Bonchev–Trinajstić information content (AvgIpc) is 3.48. The fourth-order valence-corrected chi connectivity index (χ4v) is 5.13. The van der Waals surface area contributed by atoms with Crippen molar-refractivity contribution in [1.82, 2.24) is 15.1 Å². The largest absolute Gasteiger partial charge is 0.493 e. The Morgan fingerprint density at radius 3 is 2.70 bits per heavy atom. The minimum absolute atomic E-state index is 0.0267. The van der Waals surface area contributed by atoms with Crippen molar-refractivity contribution in [3.63, 3.8) is 0 Å². The molecule has 2 amide bonds. The number of para-hydroxylation sites is 1. The number of nitrogens with one attached hydrogen (secondary N) is 1. The zero-order valence-corrected chi connectivity index (χ0v) is 24.9. The summed E-state index contributed by atoms with van der Waals surface area (Å²) in [5, 5.41) is 15.9. The molecule has 2 heterocycles. The van der Waals surface area contributed by atoms with Crippen LogP contribution in [-0.4, -0.2) is 59.0 Å². The van der Waals surface area contributed by atoms with Gasteiger partial charge in [0.15, 0.2) is 5.75 Å². The van der Waals surface area contributed by atoms with E-state index in [4.69, 9.17) is 14.6 Å². The first-order valence-corrected chi connectivity index (χ1v) is 14.7. The molecule has 5 rings (SSSR count). The van der Waals surface area contributed by atoms with Gasteiger partial charge in [-0.3, -0.25) is 19.1 Å². The van der Waals surface area contributed by atoms with E-state index in [-0.39, 0.29) is 24.8 Å². The van der Waals surface area contributed by atoms with Crippen LogP contribution in [0, 0.1) is 13.8 Å². The molecule has 4 aromatic rings. The molecule has 0 spiro atoms. The number of aromatic nitrogens is 2. The van der Waals surface area contributed by atoms with Crippen molar-refractivity contribution in [2.24, 2.45) is 0 Å². The highest BCUT2D eigenvalue weighted by Crippen LogP contribution is 2.40. The van der Waals surface area contributed by atoms with Crippen LogP contribution >= 0.6 is 0 Å². The van der Waals surface area contributed by atoms with Crippen molar-refractivity contribution in [2.45, 2.75) is 39.7 Å². The van der Waals surface area contributed by atoms with E-state index in [1.165, 1.54) is 5.56 Å². The van der Waals surface area contributed by atoms with Crippen LogP contribution < -0.4 is 19.7 Å². The molecule has 1 aliphatic rings. The number of anilines is 1. The number of aliphatic carboxylic acids is 1. The van der Waals surface area contributed by atoms with Gasteiger partial charge < -0.3 is 24.8 Å². The Bertz CT molecular complexity index is 1660. The SMILES string of the molecule is Cc1cccc(OCCCC(=O)N2CCOc3c(-c4cnn(Cc5cccc(C(=O)NCCC(=O)O)c5)c4)cccc32)c1C. The van der Waals surface area contributed by atoms with Crippen LogP contribution in [0.4, 0.5) is 5.69 Å². The summed E-state index contributed by atoms with van der Waals surface area (Å²) in [4.78, 5) is 38.2. The third-order valence-electron chi connectivity index (χ3n) is 7.60. The van der Waals surface area contributed by atoms with Gasteiger partial charge in [-0.15, -0.1) is 0 Å². The predicted octanol–water partition coefficient (Wildman–Crippen LogP) is 5.00. The smallest absolute Gasteiger partial charge is 0.305 e. The molecule has 0 fully saturated rings. The Hall–Kier alpha value is -5.12. The third-order valence-corrected chi connectivity index (χ3v) is 7.60. The van der Waals surface area contributed by atoms with E-state index in [0.717, 1.165) is 33.7 Å². The van der Waals surface area contributed by atoms with E-state index in [9.17, 15) is 14.4 Å². The summed E-state index contributed by atoms with van der Waals surface area (Å²) >= 11 is 0. The van der Waals surface area contributed by atoms with Crippen molar-refractivity contribution < 1.29 is 29.0 Å². The monoisotopic (exact) mass is 596 g/mol. The summed E-state index contributed by atoms with van der Waals surface area (Å²) in [6, 6.07) is 18.9. The van der Waals surface area contributed by atoms with Crippen molar-refractivity contribution >= 4 is 23.5 Å². The molecule has 0 saturated carbocycles. The number of carboxylic acid groups (broad SMARTS) is 1. The summed E-state index contributed by atoms with van der Waals surface area (Å²) in [6.45, 7) is 5.92. The van der Waals surface area contributed by atoms with Crippen LogP contribution in [-0.2, 0) is 16.1 Å². The summed E-state index contributed by atoms with van der Waals surface area (Å²) in [5.41, 5.74) is 6.04. The normalized spacial score (nSPS) is 12.3. The van der Waals surface area contributed by atoms with E-state index >= 15 is 0 Å². The predicted molar refractivity (Wildman–Crippen MR) is 166 cm³/mol. The highest BCUT2D eigenvalue weighted by molar-refractivity contribution is 5.97. The van der Waals surface area contributed by atoms with E-state index in [1.54, 1.807) is 34.0 Å². The molecule has 10 heteroatoms. The van der Waals surface area contributed by atoms with Gasteiger partial charge in [-0.1, -0.05) is 36.4 Å². The van der Waals surface area contributed by atoms with Gasteiger partial charge in [-0.05, 0) is 61.2 Å². The second kappa shape index (κ2) is 13.9. The Kier molecular flexibility index (Phi) is 9.59. The van der Waals surface area contributed by atoms with Crippen LogP contribution in [0.25, 0.3) is 11.1 Å². The lowest BCUT2D eigenvalue weighted by Crippen LogP contribution is -2.38. The Labute approximate surface area is 256 Å². The highest BCUT2D eigenvalue weighted by atomic mass is 16.5. The van der Waals surface area contributed by atoms with Gasteiger partial charge >= 0.3 is 5.97 Å². The number of hydrogen-bond acceptors (Lipinski definition) is 6. The summed E-state index contributed by atoms with van der Waals surface area (Å²) in [5.74, 6) is 0.241. The minimum atomic E-state index is -0.965. The zero-order valence-electron chi connectivity index (χ0n) is 24.9. The maximum absolute atomic E-state index is 13.3. The quantitative estimate of drug-likeness (QED) is 0.221. The standard InChI is InChI=1S/C34H36N4O6/c1-23-7-3-12-30(24(23)2)43-17-6-13-31(39)38-16-18-44-33-28(10-5-11-29(33)38)27-20-36-37(22-27)21-25-8-4-9-26(19-25)34(42)35-15-14-32(40)41/h3-5,7-12,19-20,22H,6,13-18,21H2,1-2H3,(H,35,42)(H,40,41). The maximum Gasteiger partial charge on any atom is 0.305 e. The van der Waals surface area contributed by atoms with Crippen molar-refractivity contribution in [3.8, 4) is 22.6 Å². The van der Waals surface area contributed by atoms with Crippen molar-refractivity contribution in [3.05, 3.63) is 95.3 Å². The lowest BCUT2D eigenvalue weighted by atomic mass is 10.1.